The van der Waals surface area contributed by atoms with Crippen LogP contribution in [0, 0.1) is 0 Å². The molecule has 0 aliphatic rings. The van der Waals surface area contributed by atoms with Gasteiger partial charge in [0.15, 0.2) is 0 Å². The molecule has 2 aromatic carbocycles. The molecule has 104 valence electrons. The van der Waals surface area contributed by atoms with E-state index in [0.717, 1.165) is 0 Å². The minimum absolute atomic E-state index is 0.232. The minimum Gasteiger partial charge on any atom is -0.497 e. The molecule has 3 N–H and O–H groups in total. The van der Waals surface area contributed by atoms with Crippen LogP contribution >= 0.6 is 0 Å². The van der Waals surface area contributed by atoms with E-state index in [1.165, 1.54) is 0 Å². The Hall–Kier alpha value is -2.69. The number of rotatable bonds is 4. The topological polar surface area (TPSA) is 73.6 Å². The number of anilines is 2. The lowest BCUT2D eigenvalue weighted by Gasteiger charge is -2.10. The van der Waals surface area contributed by atoms with Gasteiger partial charge in [0.05, 0.1) is 25.6 Å². The van der Waals surface area contributed by atoms with Gasteiger partial charge in [-0.25, -0.2) is 0 Å². The second-order valence-corrected chi connectivity index (χ2v) is 4.14. The molecule has 0 aromatic heterocycles. The van der Waals surface area contributed by atoms with Crippen molar-refractivity contribution in [1.29, 1.82) is 0 Å². The molecule has 20 heavy (non-hydrogen) atoms. The van der Waals surface area contributed by atoms with Crippen LogP contribution in [-0.2, 0) is 0 Å². The van der Waals surface area contributed by atoms with E-state index in [9.17, 15) is 4.79 Å². The molecule has 0 atom stereocenters. The van der Waals surface area contributed by atoms with Gasteiger partial charge < -0.3 is 20.5 Å². The summed E-state index contributed by atoms with van der Waals surface area (Å²) in [4.78, 5) is 12.1. The Bertz CT molecular complexity index is 609. The van der Waals surface area contributed by atoms with Gasteiger partial charge in [0.25, 0.3) is 5.91 Å². The van der Waals surface area contributed by atoms with Crippen LogP contribution in [0.15, 0.2) is 42.5 Å². The Labute approximate surface area is 117 Å². The van der Waals surface area contributed by atoms with Gasteiger partial charge in [-0.15, -0.1) is 0 Å². The van der Waals surface area contributed by atoms with Crippen LogP contribution in [0.2, 0.25) is 0 Å². The fourth-order valence-electron chi connectivity index (χ4n) is 1.72. The van der Waals surface area contributed by atoms with Crippen molar-refractivity contribution < 1.29 is 14.3 Å². The number of carbonyl (C=O) groups is 1. The Balaban J connectivity index is 2.14. The third-order valence-electron chi connectivity index (χ3n) is 2.86. The predicted octanol–water partition coefficient (Wildman–Crippen LogP) is 2.54. The molecule has 0 fully saturated rings. The Morgan fingerprint density at radius 1 is 1.00 bits per heavy atom. The van der Waals surface area contributed by atoms with Crippen LogP contribution in [0.4, 0.5) is 11.4 Å². The molecule has 0 bridgehead atoms. The first kappa shape index (κ1) is 13.7. The van der Waals surface area contributed by atoms with E-state index in [0.29, 0.717) is 28.4 Å². The zero-order valence-corrected chi connectivity index (χ0v) is 11.3. The van der Waals surface area contributed by atoms with Gasteiger partial charge in [-0.1, -0.05) is 0 Å². The molecule has 5 heteroatoms. The van der Waals surface area contributed by atoms with Crippen molar-refractivity contribution in [2.45, 2.75) is 0 Å². The molecule has 0 radical (unpaired) electrons. The molecule has 0 aliphatic heterocycles. The second kappa shape index (κ2) is 5.97. The first-order valence-corrected chi connectivity index (χ1v) is 6.03. The molecule has 2 rings (SSSR count). The standard InChI is InChI=1S/C15H16N2O3/c1-19-11-5-3-10(4-6-11)15(18)17-14-8-7-12(20-2)9-13(14)16/h3-9H,16H2,1-2H3,(H,17,18). The highest BCUT2D eigenvalue weighted by molar-refractivity contribution is 6.05. The van der Waals surface area contributed by atoms with E-state index in [4.69, 9.17) is 15.2 Å². The molecule has 5 nitrogen and oxygen atoms in total. The maximum Gasteiger partial charge on any atom is 0.255 e. The summed E-state index contributed by atoms with van der Waals surface area (Å²) in [5.41, 5.74) is 7.38. The van der Waals surface area contributed by atoms with Crippen LogP contribution in [0.1, 0.15) is 10.4 Å². The van der Waals surface area contributed by atoms with Gasteiger partial charge in [0.2, 0.25) is 0 Å². The molecule has 0 saturated heterocycles. The lowest BCUT2D eigenvalue weighted by atomic mass is 10.2. The lowest BCUT2D eigenvalue weighted by Crippen LogP contribution is -2.13. The van der Waals surface area contributed by atoms with Crippen molar-refractivity contribution in [3.63, 3.8) is 0 Å². The predicted molar refractivity (Wildman–Crippen MR) is 78.4 cm³/mol. The molecule has 0 aliphatic carbocycles. The molecule has 0 heterocycles. The van der Waals surface area contributed by atoms with Crippen LogP contribution in [-0.4, -0.2) is 20.1 Å². The smallest absolute Gasteiger partial charge is 0.255 e. The zero-order chi connectivity index (χ0) is 14.5. The minimum atomic E-state index is -0.232. The number of nitrogens with one attached hydrogen (secondary N) is 1. The van der Waals surface area contributed by atoms with E-state index in [1.807, 2.05) is 0 Å². The number of hydrogen-bond acceptors (Lipinski definition) is 4. The van der Waals surface area contributed by atoms with Crippen molar-refractivity contribution in [2.24, 2.45) is 0 Å². The molecule has 0 unspecified atom stereocenters. The maximum atomic E-state index is 12.1. The molecular weight excluding hydrogens is 256 g/mol. The first-order valence-electron chi connectivity index (χ1n) is 6.03. The number of nitrogen functional groups attached to an aromatic ring is 1. The number of amides is 1. The number of benzene rings is 2. The van der Waals surface area contributed by atoms with Gasteiger partial charge in [0, 0.05) is 11.6 Å². The zero-order valence-electron chi connectivity index (χ0n) is 11.3. The van der Waals surface area contributed by atoms with Crippen molar-refractivity contribution in [3.05, 3.63) is 48.0 Å². The molecule has 0 saturated carbocycles. The summed E-state index contributed by atoms with van der Waals surface area (Å²) in [6.45, 7) is 0. The van der Waals surface area contributed by atoms with Crippen LogP contribution < -0.4 is 20.5 Å². The van der Waals surface area contributed by atoms with Crippen LogP contribution in [0.3, 0.4) is 0 Å². The maximum absolute atomic E-state index is 12.1. The fraction of sp³-hybridized carbons (Fsp3) is 0.133. The third-order valence-corrected chi connectivity index (χ3v) is 2.86. The second-order valence-electron chi connectivity index (χ2n) is 4.14. The number of methoxy groups -OCH3 is 2. The van der Waals surface area contributed by atoms with Gasteiger partial charge in [0.1, 0.15) is 11.5 Å². The Kier molecular flexibility index (Phi) is 4.10. The van der Waals surface area contributed by atoms with E-state index in [1.54, 1.807) is 56.7 Å². The van der Waals surface area contributed by atoms with Crippen molar-refractivity contribution in [1.82, 2.24) is 0 Å². The summed E-state index contributed by atoms with van der Waals surface area (Å²) in [5, 5.41) is 2.75. The Morgan fingerprint density at radius 3 is 2.15 bits per heavy atom. The average Bonchev–Trinajstić information content (AvgIpc) is 2.49. The van der Waals surface area contributed by atoms with Crippen LogP contribution in [0.5, 0.6) is 11.5 Å². The summed E-state index contributed by atoms with van der Waals surface area (Å²) < 4.78 is 10.1. The van der Waals surface area contributed by atoms with Gasteiger partial charge in [-0.3, -0.25) is 4.79 Å². The highest BCUT2D eigenvalue weighted by Gasteiger charge is 2.08. The number of hydrogen-bond donors (Lipinski definition) is 2. The average molecular weight is 272 g/mol. The van der Waals surface area contributed by atoms with Crippen molar-refractivity contribution in [3.8, 4) is 11.5 Å². The highest BCUT2D eigenvalue weighted by Crippen LogP contribution is 2.24. The van der Waals surface area contributed by atoms with Gasteiger partial charge in [-0.2, -0.15) is 0 Å². The van der Waals surface area contributed by atoms with Crippen LogP contribution in [0.25, 0.3) is 0 Å². The summed E-state index contributed by atoms with van der Waals surface area (Å²) >= 11 is 0. The van der Waals surface area contributed by atoms with Crippen molar-refractivity contribution >= 4 is 17.3 Å². The quantitative estimate of drug-likeness (QED) is 0.839. The monoisotopic (exact) mass is 272 g/mol. The third kappa shape index (κ3) is 3.00. The number of nitrogens with two attached hydrogens (primary N) is 1. The van der Waals surface area contributed by atoms with E-state index < -0.39 is 0 Å². The molecule has 0 spiro atoms. The largest absolute Gasteiger partial charge is 0.497 e. The normalized spacial score (nSPS) is 9.90. The summed E-state index contributed by atoms with van der Waals surface area (Å²) in [6.07, 6.45) is 0. The number of ether oxygens (including phenoxy) is 2. The Morgan fingerprint density at radius 2 is 1.60 bits per heavy atom. The van der Waals surface area contributed by atoms with E-state index in [2.05, 4.69) is 5.32 Å². The summed E-state index contributed by atoms with van der Waals surface area (Å²) in [5.74, 6) is 1.11. The van der Waals surface area contributed by atoms with Crippen molar-refractivity contribution in [2.75, 3.05) is 25.3 Å². The SMILES string of the molecule is COc1ccc(C(=O)Nc2ccc(OC)cc2N)cc1. The van der Waals surface area contributed by atoms with E-state index in [-0.39, 0.29) is 5.91 Å². The summed E-state index contributed by atoms with van der Waals surface area (Å²) in [6, 6.07) is 11.9. The molecular formula is C15H16N2O3. The summed E-state index contributed by atoms with van der Waals surface area (Å²) in [7, 11) is 3.14. The molecule has 2 aromatic rings. The fourth-order valence-corrected chi connectivity index (χ4v) is 1.72. The van der Waals surface area contributed by atoms with Gasteiger partial charge >= 0.3 is 0 Å². The highest BCUT2D eigenvalue weighted by atomic mass is 16.5. The molecule has 1 amide bonds. The first-order chi connectivity index (χ1) is 9.63. The van der Waals surface area contributed by atoms with Gasteiger partial charge in [-0.05, 0) is 36.4 Å². The number of carbonyl (C=O) groups excluding carboxylic acids is 1. The van der Waals surface area contributed by atoms with E-state index >= 15 is 0 Å². The lowest BCUT2D eigenvalue weighted by molar-refractivity contribution is 0.102.